The molecule has 0 radical (unpaired) electrons. The molecular formula is C12H16N4O3S. The lowest BCUT2D eigenvalue weighted by atomic mass is 10.2. The van der Waals surface area contributed by atoms with Crippen LogP contribution in [0.2, 0.25) is 0 Å². The van der Waals surface area contributed by atoms with Crippen LogP contribution < -0.4 is 9.88 Å². The fourth-order valence-corrected chi connectivity index (χ4v) is 2.57. The Balaban J connectivity index is 1.94. The Kier molecular flexibility index (Phi) is 4.35. The van der Waals surface area contributed by atoms with E-state index in [9.17, 15) is 8.42 Å². The van der Waals surface area contributed by atoms with Crippen LogP contribution in [-0.2, 0) is 10.0 Å². The summed E-state index contributed by atoms with van der Waals surface area (Å²) in [4.78, 5) is 4.01. The molecule has 0 spiro atoms. The third kappa shape index (κ3) is 4.32. The first-order valence-electron chi connectivity index (χ1n) is 6.04. The van der Waals surface area contributed by atoms with E-state index in [0.717, 1.165) is 5.69 Å². The first-order valence-corrected chi connectivity index (χ1v) is 7.76. The van der Waals surface area contributed by atoms with E-state index in [1.165, 1.54) is 6.33 Å². The lowest BCUT2D eigenvalue weighted by Crippen LogP contribution is -2.25. The van der Waals surface area contributed by atoms with Crippen LogP contribution in [0.15, 0.2) is 36.7 Å². The molecule has 7 nitrogen and oxygen atoms in total. The number of para-hydroxylation sites is 1. The van der Waals surface area contributed by atoms with Gasteiger partial charge in [-0.05, 0) is 12.1 Å². The highest BCUT2D eigenvalue weighted by Crippen LogP contribution is 2.09. The molecule has 0 aliphatic rings. The second-order valence-corrected chi connectivity index (χ2v) is 6.21. The summed E-state index contributed by atoms with van der Waals surface area (Å²) in [6, 6.07) is 9.68. The number of ether oxygens (including phenoxy) is 1. The van der Waals surface area contributed by atoms with Crippen LogP contribution in [0, 0.1) is 5.92 Å². The number of aromatic nitrogens is 3. The summed E-state index contributed by atoms with van der Waals surface area (Å²) in [5, 5.41) is 9.12. The molecule has 108 valence electrons. The van der Waals surface area contributed by atoms with E-state index in [4.69, 9.17) is 9.88 Å². The number of sulfonamides is 1. The largest absolute Gasteiger partial charge is 0.462 e. The van der Waals surface area contributed by atoms with Gasteiger partial charge in [-0.3, -0.25) is 0 Å². The SMILES string of the molecule is CC(COc1ncn(-c2ccccc2)n1)CS(N)(=O)=O. The maximum Gasteiger partial charge on any atom is 0.335 e. The van der Waals surface area contributed by atoms with Crippen LogP contribution in [0.25, 0.3) is 5.69 Å². The zero-order valence-corrected chi connectivity index (χ0v) is 11.8. The van der Waals surface area contributed by atoms with Crippen molar-refractivity contribution in [2.75, 3.05) is 12.4 Å². The van der Waals surface area contributed by atoms with E-state index >= 15 is 0 Å². The minimum atomic E-state index is -3.49. The Hall–Kier alpha value is -1.93. The minimum Gasteiger partial charge on any atom is -0.462 e. The molecule has 2 aromatic rings. The standard InChI is InChI=1S/C12H16N4O3S/c1-10(8-20(13,17)18)7-19-12-14-9-16(15-12)11-5-3-2-4-6-11/h2-6,9-10H,7-8H2,1H3,(H2,13,17,18). The number of benzene rings is 1. The van der Waals surface area contributed by atoms with Gasteiger partial charge >= 0.3 is 6.01 Å². The van der Waals surface area contributed by atoms with Gasteiger partial charge in [0.1, 0.15) is 6.33 Å². The van der Waals surface area contributed by atoms with Gasteiger partial charge in [0.2, 0.25) is 10.0 Å². The normalized spacial score (nSPS) is 13.1. The highest BCUT2D eigenvalue weighted by atomic mass is 32.2. The van der Waals surface area contributed by atoms with Crippen molar-refractivity contribution in [3.63, 3.8) is 0 Å². The van der Waals surface area contributed by atoms with Crippen molar-refractivity contribution in [1.82, 2.24) is 14.8 Å². The Bertz CT molecular complexity index is 654. The molecule has 0 aliphatic carbocycles. The van der Waals surface area contributed by atoms with Crippen molar-refractivity contribution < 1.29 is 13.2 Å². The van der Waals surface area contributed by atoms with E-state index in [1.807, 2.05) is 30.3 Å². The Labute approximate surface area is 117 Å². The quantitative estimate of drug-likeness (QED) is 0.840. The highest BCUT2D eigenvalue weighted by molar-refractivity contribution is 7.89. The van der Waals surface area contributed by atoms with Gasteiger partial charge in [-0.2, -0.15) is 4.98 Å². The van der Waals surface area contributed by atoms with Crippen molar-refractivity contribution in [2.45, 2.75) is 6.92 Å². The lowest BCUT2D eigenvalue weighted by Gasteiger charge is -2.08. The third-order valence-electron chi connectivity index (χ3n) is 2.51. The second kappa shape index (κ2) is 6.02. The summed E-state index contributed by atoms with van der Waals surface area (Å²) in [6.45, 7) is 1.92. The first kappa shape index (κ1) is 14.5. The molecule has 20 heavy (non-hydrogen) atoms. The van der Waals surface area contributed by atoms with Crippen LogP contribution in [0.3, 0.4) is 0 Å². The number of nitrogens with zero attached hydrogens (tertiary/aromatic N) is 3. The predicted octanol–water partition coefficient (Wildman–Crippen LogP) is 0.571. The topological polar surface area (TPSA) is 100 Å². The maximum atomic E-state index is 10.9. The van der Waals surface area contributed by atoms with Gasteiger partial charge < -0.3 is 4.74 Å². The number of primary sulfonamides is 1. The second-order valence-electron chi connectivity index (χ2n) is 4.55. The van der Waals surface area contributed by atoms with Crippen LogP contribution in [0.1, 0.15) is 6.92 Å². The van der Waals surface area contributed by atoms with Crippen LogP contribution in [0.5, 0.6) is 6.01 Å². The van der Waals surface area contributed by atoms with Gasteiger partial charge in [-0.25, -0.2) is 18.2 Å². The van der Waals surface area contributed by atoms with Gasteiger partial charge in [-0.15, -0.1) is 5.10 Å². The van der Waals surface area contributed by atoms with Crippen molar-refractivity contribution in [2.24, 2.45) is 11.1 Å². The Morgan fingerprint density at radius 2 is 2.05 bits per heavy atom. The molecule has 1 aromatic carbocycles. The van der Waals surface area contributed by atoms with Gasteiger partial charge in [0.05, 0.1) is 18.0 Å². The predicted molar refractivity (Wildman–Crippen MR) is 74.0 cm³/mol. The summed E-state index contributed by atoms with van der Waals surface area (Å²) in [5.74, 6) is -0.361. The molecule has 1 aromatic heterocycles. The lowest BCUT2D eigenvalue weighted by molar-refractivity contribution is 0.252. The van der Waals surface area contributed by atoms with E-state index in [1.54, 1.807) is 11.6 Å². The number of hydrogen-bond donors (Lipinski definition) is 1. The van der Waals surface area contributed by atoms with E-state index < -0.39 is 10.0 Å². The summed E-state index contributed by atoms with van der Waals surface area (Å²) >= 11 is 0. The Morgan fingerprint density at radius 1 is 1.35 bits per heavy atom. The molecular weight excluding hydrogens is 280 g/mol. The minimum absolute atomic E-state index is 0.133. The number of rotatable bonds is 6. The molecule has 0 bridgehead atoms. The van der Waals surface area contributed by atoms with Crippen LogP contribution in [-0.4, -0.2) is 35.5 Å². The van der Waals surface area contributed by atoms with E-state index in [0.29, 0.717) is 0 Å². The molecule has 0 saturated carbocycles. The average Bonchev–Trinajstić information content (AvgIpc) is 2.84. The van der Waals surface area contributed by atoms with E-state index in [2.05, 4.69) is 10.1 Å². The smallest absolute Gasteiger partial charge is 0.335 e. The average molecular weight is 296 g/mol. The maximum absolute atomic E-state index is 10.9. The van der Waals surface area contributed by atoms with Crippen LogP contribution >= 0.6 is 0 Å². The first-order chi connectivity index (χ1) is 9.44. The summed E-state index contributed by atoms with van der Waals surface area (Å²) < 4.78 is 28.8. The van der Waals surface area contributed by atoms with Gasteiger partial charge in [0.25, 0.3) is 0 Å². The van der Waals surface area contributed by atoms with Crippen molar-refractivity contribution >= 4 is 10.0 Å². The number of nitrogens with two attached hydrogens (primary N) is 1. The van der Waals surface area contributed by atoms with Crippen LogP contribution in [0.4, 0.5) is 0 Å². The molecule has 2 N–H and O–H groups in total. The monoisotopic (exact) mass is 296 g/mol. The molecule has 1 atom stereocenters. The summed E-state index contributed by atoms with van der Waals surface area (Å²) in [7, 11) is -3.49. The molecule has 0 fully saturated rings. The van der Waals surface area contributed by atoms with Crippen molar-refractivity contribution in [3.05, 3.63) is 36.7 Å². The molecule has 0 saturated heterocycles. The van der Waals surface area contributed by atoms with Gasteiger partial charge in [-0.1, -0.05) is 25.1 Å². The van der Waals surface area contributed by atoms with Gasteiger partial charge in [0.15, 0.2) is 0 Å². The highest BCUT2D eigenvalue weighted by Gasteiger charge is 2.13. The molecule has 0 aliphatic heterocycles. The zero-order chi connectivity index (χ0) is 14.6. The van der Waals surface area contributed by atoms with Crippen molar-refractivity contribution in [3.8, 4) is 11.7 Å². The Morgan fingerprint density at radius 3 is 2.70 bits per heavy atom. The molecule has 1 unspecified atom stereocenters. The van der Waals surface area contributed by atoms with E-state index in [-0.39, 0.29) is 24.3 Å². The van der Waals surface area contributed by atoms with Gasteiger partial charge in [0, 0.05) is 5.92 Å². The molecule has 0 amide bonds. The van der Waals surface area contributed by atoms with Crippen molar-refractivity contribution in [1.29, 1.82) is 0 Å². The summed E-state index contributed by atoms with van der Waals surface area (Å²) in [5.41, 5.74) is 0.868. The molecule has 2 rings (SSSR count). The molecule has 8 heteroatoms. The third-order valence-corrected chi connectivity index (χ3v) is 3.54. The zero-order valence-electron chi connectivity index (χ0n) is 11.0. The summed E-state index contributed by atoms with van der Waals surface area (Å²) in [6.07, 6.45) is 1.54. The number of hydrogen-bond acceptors (Lipinski definition) is 5. The fourth-order valence-electron chi connectivity index (χ4n) is 1.68. The fraction of sp³-hybridized carbons (Fsp3) is 0.333. The molecule has 1 heterocycles.